The molecule has 2 heteroatoms. The Balaban J connectivity index is 2.38. The average Bonchev–Trinajstić information content (AvgIpc) is 2.67. The molecule has 2 aromatic carbocycles. The van der Waals surface area contributed by atoms with Crippen LogP contribution in [0.25, 0.3) is 11.1 Å². The minimum Gasteiger partial charge on any atom is -0.399 e. The lowest BCUT2D eigenvalue weighted by Gasteiger charge is -2.29. The van der Waals surface area contributed by atoms with Crippen molar-refractivity contribution in [2.45, 2.75) is 32.1 Å². The highest BCUT2D eigenvalue weighted by Crippen LogP contribution is 2.53. The Morgan fingerprint density at radius 3 is 1.58 bits per heavy atom. The molecule has 4 N–H and O–H groups in total. The number of nitrogen functional groups attached to an aromatic ring is 2. The topological polar surface area (TPSA) is 52.0 Å². The van der Waals surface area contributed by atoms with Crippen LogP contribution in [0.2, 0.25) is 0 Å². The number of fused-ring (bicyclic) bond motifs is 3. The lowest BCUT2D eigenvalue weighted by molar-refractivity contribution is 0.491. The summed E-state index contributed by atoms with van der Waals surface area (Å²) in [7, 11) is 0. The van der Waals surface area contributed by atoms with E-state index in [4.69, 9.17) is 11.5 Å². The lowest BCUT2D eigenvalue weighted by Crippen LogP contribution is -2.23. The molecular weight excluding hydrogens is 232 g/mol. The molecule has 98 valence electrons. The smallest absolute Gasteiger partial charge is 0.0317 e. The van der Waals surface area contributed by atoms with E-state index in [1.807, 2.05) is 12.1 Å². The monoisotopic (exact) mass is 252 g/mol. The molecule has 1 aliphatic carbocycles. The zero-order valence-electron chi connectivity index (χ0n) is 11.5. The summed E-state index contributed by atoms with van der Waals surface area (Å²) in [6.45, 7) is 4.49. The van der Waals surface area contributed by atoms with Crippen molar-refractivity contribution in [1.82, 2.24) is 0 Å². The molecule has 0 atom stereocenters. The first-order valence-electron chi connectivity index (χ1n) is 6.92. The number of benzene rings is 2. The molecule has 3 rings (SSSR count). The SMILES string of the molecule is CCC1(CC)c2cc(N)ccc2-c2ccc(N)cc21. The van der Waals surface area contributed by atoms with Crippen molar-refractivity contribution in [3.63, 3.8) is 0 Å². The third-order valence-corrected chi connectivity index (χ3v) is 4.62. The van der Waals surface area contributed by atoms with E-state index < -0.39 is 0 Å². The second-order valence-corrected chi connectivity index (χ2v) is 5.40. The first-order valence-corrected chi connectivity index (χ1v) is 6.92. The van der Waals surface area contributed by atoms with Crippen molar-refractivity contribution in [2.24, 2.45) is 0 Å². The van der Waals surface area contributed by atoms with Gasteiger partial charge in [0, 0.05) is 16.8 Å². The second-order valence-electron chi connectivity index (χ2n) is 5.40. The first-order chi connectivity index (χ1) is 9.12. The number of rotatable bonds is 2. The molecule has 2 nitrogen and oxygen atoms in total. The van der Waals surface area contributed by atoms with Crippen LogP contribution in [0.15, 0.2) is 36.4 Å². The molecule has 0 amide bonds. The summed E-state index contributed by atoms with van der Waals surface area (Å²) >= 11 is 0. The van der Waals surface area contributed by atoms with Crippen LogP contribution in [0.3, 0.4) is 0 Å². The minimum absolute atomic E-state index is 0.0649. The number of nitrogens with two attached hydrogens (primary N) is 2. The Kier molecular flexibility index (Phi) is 2.56. The highest BCUT2D eigenvalue weighted by atomic mass is 14.6. The number of hydrogen-bond acceptors (Lipinski definition) is 2. The molecule has 0 spiro atoms. The van der Waals surface area contributed by atoms with E-state index >= 15 is 0 Å². The first kappa shape index (κ1) is 12.1. The summed E-state index contributed by atoms with van der Waals surface area (Å²) in [6.07, 6.45) is 2.13. The third kappa shape index (κ3) is 1.49. The summed E-state index contributed by atoms with van der Waals surface area (Å²) in [6, 6.07) is 12.5. The molecule has 0 bridgehead atoms. The van der Waals surface area contributed by atoms with Crippen LogP contribution >= 0.6 is 0 Å². The molecule has 1 aliphatic rings. The van der Waals surface area contributed by atoms with Crippen molar-refractivity contribution in [2.75, 3.05) is 11.5 Å². The maximum absolute atomic E-state index is 6.00. The molecular formula is C17H20N2. The van der Waals surface area contributed by atoms with Crippen LogP contribution in [0, 0.1) is 0 Å². The van der Waals surface area contributed by atoms with Crippen LogP contribution in [0.1, 0.15) is 37.8 Å². The fraction of sp³-hybridized carbons (Fsp3) is 0.294. The quantitative estimate of drug-likeness (QED) is 0.795. The zero-order chi connectivity index (χ0) is 13.6. The van der Waals surface area contributed by atoms with Crippen molar-refractivity contribution in [1.29, 1.82) is 0 Å². The Labute approximate surface area is 114 Å². The van der Waals surface area contributed by atoms with Gasteiger partial charge in [0.25, 0.3) is 0 Å². The molecule has 19 heavy (non-hydrogen) atoms. The van der Waals surface area contributed by atoms with Gasteiger partial charge in [-0.05, 0) is 59.4 Å². The molecule has 0 aromatic heterocycles. The van der Waals surface area contributed by atoms with E-state index in [9.17, 15) is 0 Å². The van der Waals surface area contributed by atoms with Crippen LogP contribution in [-0.4, -0.2) is 0 Å². The molecule has 0 fully saturated rings. The average molecular weight is 252 g/mol. The van der Waals surface area contributed by atoms with E-state index in [0.717, 1.165) is 24.2 Å². The summed E-state index contributed by atoms with van der Waals surface area (Å²) < 4.78 is 0. The zero-order valence-corrected chi connectivity index (χ0v) is 11.5. The van der Waals surface area contributed by atoms with Crippen molar-refractivity contribution in [3.8, 4) is 11.1 Å². The predicted molar refractivity (Wildman–Crippen MR) is 82.1 cm³/mol. The van der Waals surface area contributed by atoms with E-state index in [0.29, 0.717) is 0 Å². The Hall–Kier alpha value is -1.96. The van der Waals surface area contributed by atoms with Crippen molar-refractivity contribution in [3.05, 3.63) is 47.5 Å². The summed E-state index contributed by atoms with van der Waals surface area (Å²) in [5.41, 5.74) is 19.1. The molecule has 0 unspecified atom stereocenters. The summed E-state index contributed by atoms with van der Waals surface area (Å²) in [5, 5.41) is 0. The van der Waals surface area contributed by atoms with Gasteiger partial charge >= 0.3 is 0 Å². The van der Waals surface area contributed by atoms with Crippen LogP contribution in [-0.2, 0) is 5.41 Å². The lowest BCUT2D eigenvalue weighted by atomic mass is 9.74. The molecule has 0 saturated heterocycles. The second kappa shape index (κ2) is 4.02. The van der Waals surface area contributed by atoms with E-state index in [1.54, 1.807) is 0 Å². The predicted octanol–water partition coefficient (Wildman–Crippen LogP) is 3.94. The van der Waals surface area contributed by atoms with Gasteiger partial charge in [-0.15, -0.1) is 0 Å². The highest BCUT2D eigenvalue weighted by Gasteiger charge is 2.40. The Bertz CT molecular complexity index is 586. The van der Waals surface area contributed by atoms with E-state index in [2.05, 4.69) is 38.1 Å². The minimum atomic E-state index is 0.0649. The fourth-order valence-corrected chi connectivity index (χ4v) is 3.54. The summed E-state index contributed by atoms with van der Waals surface area (Å²) in [5.74, 6) is 0. The highest BCUT2D eigenvalue weighted by molar-refractivity contribution is 5.83. The van der Waals surface area contributed by atoms with Gasteiger partial charge in [0.2, 0.25) is 0 Å². The van der Waals surface area contributed by atoms with Gasteiger partial charge in [-0.25, -0.2) is 0 Å². The molecule has 0 radical (unpaired) electrons. The summed E-state index contributed by atoms with van der Waals surface area (Å²) in [4.78, 5) is 0. The van der Waals surface area contributed by atoms with Crippen LogP contribution < -0.4 is 11.5 Å². The van der Waals surface area contributed by atoms with Crippen molar-refractivity contribution >= 4 is 11.4 Å². The van der Waals surface area contributed by atoms with E-state index in [1.165, 1.54) is 22.3 Å². The number of hydrogen-bond donors (Lipinski definition) is 2. The van der Waals surface area contributed by atoms with Gasteiger partial charge in [-0.3, -0.25) is 0 Å². The van der Waals surface area contributed by atoms with Gasteiger partial charge in [-0.1, -0.05) is 26.0 Å². The molecule has 0 heterocycles. The maximum Gasteiger partial charge on any atom is 0.0317 e. The fourth-order valence-electron chi connectivity index (χ4n) is 3.54. The van der Waals surface area contributed by atoms with Gasteiger partial charge in [-0.2, -0.15) is 0 Å². The van der Waals surface area contributed by atoms with E-state index in [-0.39, 0.29) is 5.41 Å². The van der Waals surface area contributed by atoms with Gasteiger partial charge < -0.3 is 11.5 Å². The normalized spacial score (nSPS) is 15.1. The van der Waals surface area contributed by atoms with Crippen LogP contribution in [0.4, 0.5) is 11.4 Å². The standard InChI is InChI=1S/C17H20N2/c1-3-17(4-2)15-9-11(18)5-7-13(15)14-8-6-12(19)10-16(14)17/h5-10H,3-4,18-19H2,1-2H3. The maximum atomic E-state index is 6.00. The number of anilines is 2. The van der Waals surface area contributed by atoms with Gasteiger partial charge in [0.15, 0.2) is 0 Å². The van der Waals surface area contributed by atoms with Crippen LogP contribution in [0.5, 0.6) is 0 Å². The van der Waals surface area contributed by atoms with Crippen molar-refractivity contribution < 1.29 is 0 Å². The third-order valence-electron chi connectivity index (χ3n) is 4.62. The Morgan fingerprint density at radius 1 is 0.789 bits per heavy atom. The molecule has 2 aromatic rings. The van der Waals surface area contributed by atoms with Gasteiger partial charge in [0.05, 0.1) is 0 Å². The van der Waals surface area contributed by atoms with Gasteiger partial charge in [0.1, 0.15) is 0 Å². The molecule has 0 aliphatic heterocycles. The molecule has 0 saturated carbocycles. The largest absolute Gasteiger partial charge is 0.399 e. The Morgan fingerprint density at radius 2 is 1.21 bits per heavy atom.